The van der Waals surface area contributed by atoms with Gasteiger partial charge in [0.1, 0.15) is 0 Å². The van der Waals surface area contributed by atoms with Gasteiger partial charge in [0.25, 0.3) is 0 Å². The highest BCUT2D eigenvalue weighted by atomic mass is 16.5. The molecule has 3 rings (SSSR count). The number of aromatic nitrogens is 1. The Labute approximate surface area is 96.8 Å². The molecule has 0 unspecified atom stereocenters. The molecule has 1 aromatic heterocycles. The average molecular weight is 220 g/mol. The van der Waals surface area contributed by atoms with Gasteiger partial charge in [-0.25, -0.2) is 0 Å². The summed E-state index contributed by atoms with van der Waals surface area (Å²) in [4.78, 5) is 0. The number of nitrogens with zero attached hydrogens (tertiary/aromatic N) is 1. The Balaban J connectivity index is 1.81. The van der Waals surface area contributed by atoms with Gasteiger partial charge in [-0.2, -0.15) is 0 Å². The zero-order valence-electron chi connectivity index (χ0n) is 10.1. The number of hydrogen-bond donors (Lipinski definition) is 1. The molecule has 3 heteroatoms. The summed E-state index contributed by atoms with van der Waals surface area (Å²) in [7, 11) is 0. The van der Waals surface area contributed by atoms with Crippen LogP contribution in [0.3, 0.4) is 0 Å². The summed E-state index contributed by atoms with van der Waals surface area (Å²) in [5.41, 5.74) is 1.81. The second-order valence-corrected chi connectivity index (χ2v) is 5.46. The van der Waals surface area contributed by atoms with E-state index in [1.807, 2.05) is 0 Å². The minimum atomic E-state index is 0.392. The summed E-state index contributed by atoms with van der Waals surface area (Å²) in [6.45, 7) is 7.41. The van der Waals surface area contributed by atoms with Gasteiger partial charge < -0.3 is 14.6 Å². The van der Waals surface area contributed by atoms with E-state index < -0.39 is 0 Å². The van der Waals surface area contributed by atoms with Crippen molar-refractivity contribution in [3.05, 3.63) is 24.0 Å². The first-order valence-electron chi connectivity index (χ1n) is 6.20. The maximum absolute atomic E-state index is 5.56. The molecule has 2 aliphatic rings. The van der Waals surface area contributed by atoms with E-state index >= 15 is 0 Å². The number of rotatable bonds is 2. The molecule has 0 radical (unpaired) electrons. The Morgan fingerprint density at radius 2 is 2.44 bits per heavy atom. The Morgan fingerprint density at radius 3 is 2.94 bits per heavy atom. The monoisotopic (exact) mass is 220 g/mol. The molecule has 0 aromatic carbocycles. The van der Waals surface area contributed by atoms with Crippen LogP contribution in [-0.2, 0) is 4.74 Å². The summed E-state index contributed by atoms with van der Waals surface area (Å²) >= 11 is 0. The Hall–Kier alpha value is -0.800. The van der Waals surface area contributed by atoms with Gasteiger partial charge in [-0.3, -0.25) is 0 Å². The maximum Gasteiger partial charge on any atom is 0.0553 e. The zero-order chi connectivity index (χ0) is 11.2. The van der Waals surface area contributed by atoms with Crippen LogP contribution < -0.4 is 5.32 Å². The lowest BCUT2D eigenvalue weighted by molar-refractivity contribution is 0.0577. The third-order valence-electron chi connectivity index (χ3n) is 4.07. The summed E-state index contributed by atoms with van der Waals surface area (Å²) in [5.74, 6) is 0. The molecular formula is C13H20N2O. The molecule has 0 aliphatic carbocycles. The van der Waals surface area contributed by atoms with Crippen LogP contribution in [0.25, 0.3) is 0 Å². The van der Waals surface area contributed by atoms with Crippen LogP contribution in [-0.4, -0.2) is 24.3 Å². The van der Waals surface area contributed by atoms with Crippen molar-refractivity contribution in [2.45, 2.75) is 32.4 Å². The minimum absolute atomic E-state index is 0.392. The molecule has 0 saturated carbocycles. The van der Waals surface area contributed by atoms with Crippen molar-refractivity contribution in [2.24, 2.45) is 5.41 Å². The molecule has 3 nitrogen and oxygen atoms in total. The lowest BCUT2D eigenvalue weighted by Crippen LogP contribution is -2.56. The molecule has 0 bridgehead atoms. The largest absolute Gasteiger partial charge is 0.381 e. The first-order valence-corrected chi connectivity index (χ1v) is 6.20. The van der Waals surface area contributed by atoms with Gasteiger partial charge in [-0.05, 0) is 31.9 Å². The van der Waals surface area contributed by atoms with E-state index in [9.17, 15) is 0 Å². The van der Waals surface area contributed by atoms with Crippen molar-refractivity contribution >= 4 is 0 Å². The van der Waals surface area contributed by atoms with Crippen LogP contribution in [0, 0.1) is 5.41 Å². The molecule has 16 heavy (non-hydrogen) atoms. The van der Waals surface area contributed by atoms with Crippen molar-refractivity contribution in [1.82, 2.24) is 9.88 Å². The van der Waals surface area contributed by atoms with Gasteiger partial charge in [0.15, 0.2) is 0 Å². The van der Waals surface area contributed by atoms with Gasteiger partial charge >= 0.3 is 0 Å². The Bertz CT molecular complexity index is 377. The zero-order valence-corrected chi connectivity index (χ0v) is 10.1. The lowest BCUT2D eigenvalue weighted by Gasteiger charge is -2.47. The van der Waals surface area contributed by atoms with Crippen molar-refractivity contribution in [2.75, 3.05) is 19.8 Å². The number of nitrogens with one attached hydrogen (secondary N) is 1. The van der Waals surface area contributed by atoms with Crippen LogP contribution in [0.15, 0.2) is 18.5 Å². The van der Waals surface area contributed by atoms with Crippen LogP contribution in [0.2, 0.25) is 0 Å². The summed E-state index contributed by atoms with van der Waals surface area (Å²) in [6, 6.07) is 3.30. The third kappa shape index (κ3) is 1.42. The summed E-state index contributed by atoms with van der Waals surface area (Å²) < 4.78 is 7.84. The minimum Gasteiger partial charge on any atom is -0.381 e. The number of hydrogen-bond acceptors (Lipinski definition) is 2. The molecule has 88 valence electrons. The molecule has 3 heterocycles. The van der Waals surface area contributed by atoms with Crippen molar-refractivity contribution < 1.29 is 4.74 Å². The highest BCUT2D eigenvalue weighted by molar-refractivity contribution is 5.24. The van der Waals surface area contributed by atoms with E-state index in [0.29, 0.717) is 17.5 Å². The SMILES string of the molecule is CC(C)n1ccc([C@@H]2NC[C@]23CCOC3)c1. The van der Waals surface area contributed by atoms with Crippen molar-refractivity contribution in [3.8, 4) is 0 Å². The van der Waals surface area contributed by atoms with E-state index in [2.05, 4.69) is 42.2 Å². The molecule has 2 atom stereocenters. The van der Waals surface area contributed by atoms with E-state index in [1.165, 1.54) is 12.0 Å². The fourth-order valence-electron chi connectivity index (χ4n) is 2.88. The first kappa shape index (κ1) is 10.4. The standard InChI is InChI=1S/C13H20N2O/c1-10(2)15-5-3-11(7-15)12-13(8-14-12)4-6-16-9-13/h3,5,7,10,12,14H,4,6,8-9H2,1-2H3/t12-,13-/m0/s1. The average Bonchev–Trinajstić information content (AvgIpc) is 2.85. The second-order valence-electron chi connectivity index (χ2n) is 5.46. The highest BCUT2D eigenvalue weighted by Gasteiger charge is 2.49. The Morgan fingerprint density at radius 1 is 1.56 bits per heavy atom. The van der Waals surface area contributed by atoms with E-state index in [-0.39, 0.29) is 0 Å². The molecule has 2 fully saturated rings. The third-order valence-corrected chi connectivity index (χ3v) is 4.07. The van der Waals surface area contributed by atoms with E-state index in [4.69, 9.17) is 4.74 Å². The molecular weight excluding hydrogens is 200 g/mol. The molecule has 1 aromatic rings. The van der Waals surface area contributed by atoms with Crippen LogP contribution in [0.1, 0.15) is 37.9 Å². The van der Waals surface area contributed by atoms with Gasteiger partial charge in [-0.15, -0.1) is 0 Å². The highest BCUT2D eigenvalue weighted by Crippen LogP contribution is 2.47. The smallest absolute Gasteiger partial charge is 0.0553 e. The first-order chi connectivity index (χ1) is 7.71. The quantitative estimate of drug-likeness (QED) is 0.826. The van der Waals surface area contributed by atoms with Crippen LogP contribution in [0.4, 0.5) is 0 Å². The fourth-order valence-corrected chi connectivity index (χ4v) is 2.88. The van der Waals surface area contributed by atoms with Crippen LogP contribution in [0.5, 0.6) is 0 Å². The fraction of sp³-hybridized carbons (Fsp3) is 0.692. The van der Waals surface area contributed by atoms with Crippen LogP contribution >= 0.6 is 0 Å². The predicted octanol–water partition coefficient (Wildman–Crippen LogP) is 2.12. The molecule has 2 aliphatic heterocycles. The van der Waals surface area contributed by atoms with Gasteiger partial charge in [-0.1, -0.05) is 0 Å². The molecule has 1 spiro atoms. The summed E-state index contributed by atoms with van der Waals surface area (Å²) in [6.07, 6.45) is 5.67. The van der Waals surface area contributed by atoms with Gasteiger partial charge in [0, 0.05) is 43.0 Å². The lowest BCUT2D eigenvalue weighted by atomic mass is 9.71. The topological polar surface area (TPSA) is 26.2 Å². The van der Waals surface area contributed by atoms with Gasteiger partial charge in [0.05, 0.1) is 6.61 Å². The second kappa shape index (κ2) is 3.60. The van der Waals surface area contributed by atoms with E-state index in [0.717, 1.165) is 19.8 Å². The van der Waals surface area contributed by atoms with Gasteiger partial charge in [0.2, 0.25) is 0 Å². The Kier molecular flexibility index (Phi) is 2.33. The number of ether oxygens (including phenoxy) is 1. The predicted molar refractivity (Wildman–Crippen MR) is 63.4 cm³/mol. The normalized spacial score (nSPS) is 33.6. The molecule has 2 saturated heterocycles. The maximum atomic E-state index is 5.56. The summed E-state index contributed by atoms with van der Waals surface area (Å²) in [5, 5.41) is 3.55. The van der Waals surface area contributed by atoms with Crippen molar-refractivity contribution in [3.63, 3.8) is 0 Å². The molecule has 0 amide bonds. The van der Waals surface area contributed by atoms with E-state index in [1.54, 1.807) is 0 Å². The molecule has 1 N–H and O–H groups in total. The van der Waals surface area contributed by atoms with Crippen molar-refractivity contribution in [1.29, 1.82) is 0 Å².